The Kier molecular flexibility index (Phi) is 3.85. The van der Waals surface area contributed by atoms with Gasteiger partial charge >= 0.3 is 6.18 Å². The molecule has 0 fully saturated rings. The Hall–Kier alpha value is -0.940. The Morgan fingerprint density at radius 2 is 1.58 bits per heavy atom. The van der Waals surface area contributed by atoms with Gasteiger partial charge in [-0.1, -0.05) is 0 Å². The average molecular weight is 189 g/mol. The van der Waals surface area contributed by atoms with Crippen LogP contribution in [0.5, 0.6) is 0 Å². The van der Waals surface area contributed by atoms with Crippen molar-refractivity contribution < 1.29 is 26.3 Å². The molecular weight excluding hydrogens is 186 g/mol. The minimum atomic E-state index is -5.37. The summed E-state index contributed by atoms with van der Waals surface area (Å²) in [5.74, 6) is -5.03. The van der Waals surface area contributed by atoms with E-state index in [0.717, 1.165) is 0 Å². The van der Waals surface area contributed by atoms with Crippen molar-refractivity contribution in [3.63, 3.8) is 0 Å². The molecule has 0 aromatic heterocycles. The highest BCUT2D eigenvalue weighted by Gasteiger charge is 2.37. The average Bonchev–Trinajstić information content (AvgIpc) is 1.97. The fourth-order valence-electron chi connectivity index (χ4n) is 0.329. The smallest absolute Gasteiger partial charge is 0.239 e. The van der Waals surface area contributed by atoms with E-state index in [2.05, 4.69) is 0 Å². The predicted molar refractivity (Wildman–Crippen MR) is 29.8 cm³/mol. The largest absolute Gasteiger partial charge is 0.445 e. The molecule has 0 aliphatic rings. The first-order valence-electron chi connectivity index (χ1n) is 2.62. The molecule has 0 aliphatic carbocycles. The molecule has 0 heterocycles. The van der Waals surface area contributed by atoms with Crippen molar-refractivity contribution in [1.29, 1.82) is 0 Å². The number of halogens is 6. The number of hydrogen-bond acceptors (Lipinski definition) is 0. The van der Waals surface area contributed by atoms with Gasteiger partial charge in [-0.25, -0.2) is 8.78 Å². The van der Waals surface area contributed by atoms with Crippen LogP contribution in [0, 0.1) is 6.67 Å². The third-order valence-electron chi connectivity index (χ3n) is 0.774. The third kappa shape index (κ3) is 3.45. The van der Waals surface area contributed by atoms with Gasteiger partial charge in [0.2, 0.25) is 5.83 Å². The molecule has 0 saturated heterocycles. The van der Waals surface area contributed by atoms with Crippen LogP contribution in [0.15, 0.2) is 23.8 Å². The van der Waals surface area contributed by atoms with E-state index in [9.17, 15) is 26.3 Å². The van der Waals surface area contributed by atoms with Gasteiger partial charge in [0.1, 0.15) is 0 Å². The molecule has 0 atom stereocenters. The standard InChI is InChI=1S/C6H3F6/c7-3-1-2-4(8)5(9)6(10,11)12/h1-3H. The molecular formula is C6H3F6. The van der Waals surface area contributed by atoms with Gasteiger partial charge in [-0.2, -0.15) is 17.6 Å². The normalized spacial score (nSPS) is 15.2. The van der Waals surface area contributed by atoms with Crippen molar-refractivity contribution in [3.8, 4) is 0 Å². The molecule has 0 saturated carbocycles. The zero-order chi connectivity index (χ0) is 9.78. The predicted octanol–water partition coefficient (Wildman–Crippen LogP) is 3.39. The first-order chi connectivity index (χ1) is 5.39. The molecule has 12 heavy (non-hydrogen) atoms. The van der Waals surface area contributed by atoms with Gasteiger partial charge in [0.05, 0.1) is 0 Å². The van der Waals surface area contributed by atoms with Crippen LogP contribution in [-0.2, 0) is 0 Å². The maximum atomic E-state index is 12.0. The van der Waals surface area contributed by atoms with E-state index >= 15 is 0 Å². The van der Waals surface area contributed by atoms with Crippen molar-refractivity contribution in [2.75, 3.05) is 0 Å². The van der Waals surface area contributed by atoms with Crippen molar-refractivity contribution in [2.45, 2.75) is 6.18 Å². The molecule has 69 valence electrons. The van der Waals surface area contributed by atoms with Gasteiger partial charge in [-0.05, 0) is 12.2 Å². The molecule has 6 heteroatoms. The summed E-state index contributed by atoms with van der Waals surface area (Å²) in [6.07, 6.45) is -5.03. The number of hydrogen-bond donors (Lipinski definition) is 0. The van der Waals surface area contributed by atoms with Gasteiger partial charge in [-0.3, -0.25) is 0 Å². The van der Waals surface area contributed by atoms with Crippen LogP contribution in [0.4, 0.5) is 26.3 Å². The topological polar surface area (TPSA) is 0 Å². The maximum Gasteiger partial charge on any atom is 0.445 e. The maximum absolute atomic E-state index is 12.0. The van der Waals surface area contributed by atoms with E-state index in [4.69, 9.17) is 0 Å². The lowest BCUT2D eigenvalue weighted by molar-refractivity contribution is -0.110. The molecule has 0 spiro atoms. The fourth-order valence-corrected chi connectivity index (χ4v) is 0.329. The van der Waals surface area contributed by atoms with E-state index in [1.54, 1.807) is 0 Å². The second kappa shape index (κ2) is 4.18. The molecule has 0 bridgehead atoms. The Morgan fingerprint density at radius 1 is 1.08 bits per heavy atom. The van der Waals surface area contributed by atoms with Gasteiger partial charge in [-0.15, -0.1) is 0 Å². The van der Waals surface area contributed by atoms with Crippen LogP contribution in [-0.4, -0.2) is 6.18 Å². The quantitative estimate of drug-likeness (QED) is 0.461. The Bertz CT molecular complexity index is 199. The molecule has 0 amide bonds. The molecule has 0 nitrogen and oxygen atoms in total. The minimum absolute atomic E-state index is 0.0306. The summed E-state index contributed by atoms with van der Waals surface area (Å²) in [6.45, 7) is -0.219. The molecule has 0 unspecified atom stereocenters. The van der Waals surface area contributed by atoms with Gasteiger partial charge in [0.15, 0.2) is 12.5 Å². The first-order valence-corrected chi connectivity index (χ1v) is 2.62. The number of rotatable bonds is 2. The highest BCUT2D eigenvalue weighted by Crippen LogP contribution is 2.30. The van der Waals surface area contributed by atoms with E-state index in [-0.39, 0.29) is 12.8 Å². The van der Waals surface area contributed by atoms with Crippen molar-refractivity contribution in [3.05, 3.63) is 30.5 Å². The third-order valence-corrected chi connectivity index (χ3v) is 0.774. The van der Waals surface area contributed by atoms with Crippen LogP contribution in [0.25, 0.3) is 0 Å². The second-order valence-corrected chi connectivity index (χ2v) is 1.64. The Labute approximate surface area is 64.2 Å². The molecule has 0 N–H and O–H groups in total. The van der Waals surface area contributed by atoms with Crippen LogP contribution in [0.2, 0.25) is 0 Å². The summed E-state index contributed by atoms with van der Waals surface area (Å²) in [5, 5.41) is 0. The summed E-state index contributed by atoms with van der Waals surface area (Å²) >= 11 is 0. The molecule has 0 aliphatic heterocycles. The van der Waals surface area contributed by atoms with Gasteiger partial charge in [0, 0.05) is 0 Å². The zero-order valence-corrected chi connectivity index (χ0v) is 5.50. The molecule has 1 radical (unpaired) electrons. The van der Waals surface area contributed by atoms with E-state index in [1.165, 1.54) is 0 Å². The number of alkyl halides is 3. The lowest BCUT2D eigenvalue weighted by atomic mass is 10.4. The lowest BCUT2D eigenvalue weighted by Gasteiger charge is -2.01. The summed E-state index contributed by atoms with van der Waals surface area (Å²) in [7, 11) is 0. The summed E-state index contributed by atoms with van der Waals surface area (Å²) < 4.78 is 68.9. The minimum Gasteiger partial charge on any atom is -0.239 e. The summed E-state index contributed by atoms with van der Waals surface area (Å²) in [5.41, 5.74) is 0. The van der Waals surface area contributed by atoms with Gasteiger partial charge in [0.25, 0.3) is 0 Å². The van der Waals surface area contributed by atoms with Crippen molar-refractivity contribution in [1.82, 2.24) is 0 Å². The van der Waals surface area contributed by atoms with Crippen LogP contribution < -0.4 is 0 Å². The van der Waals surface area contributed by atoms with Crippen molar-refractivity contribution >= 4 is 0 Å². The SMILES string of the molecule is F[CH]C=CC(F)=C(F)C(F)(F)F. The second-order valence-electron chi connectivity index (χ2n) is 1.64. The first kappa shape index (κ1) is 11.1. The lowest BCUT2D eigenvalue weighted by Crippen LogP contribution is -2.08. The summed E-state index contributed by atoms with van der Waals surface area (Å²) in [4.78, 5) is 0. The highest BCUT2D eigenvalue weighted by molar-refractivity contribution is 5.19. The molecule has 0 rings (SSSR count). The monoisotopic (exact) mass is 189 g/mol. The zero-order valence-electron chi connectivity index (χ0n) is 5.50. The highest BCUT2D eigenvalue weighted by atomic mass is 19.4. The number of allylic oxidation sites excluding steroid dienone is 4. The molecule has 0 aromatic rings. The van der Waals surface area contributed by atoms with Crippen molar-refractivity contribution in [2.24, 2.45) is 0 Å². The van der Waals surface area contributed by atoms with Crippen LogP contribution >= 0.6 is 0 Å². The fraction of sp³-hybridized carbons (Fsp3) is 0.167. The Balaban J connectivity index is 4.58. The molecule has 0 aromatic carbocycles. The van der Waals surface area contributed by atoms with Gasteiger partial charge < -0.3 is 0 Å². The van der Waals surface area contributed by atoms with E-state index < -0.39 is 17.8 Å². The summed E-state index contributed by atoms with van der Waals surface area (Å²) in [6, 6.07) is 0. The van der Waals surface area contributed by atoms with Crippen LogP contribution in [0.3, 0.4) is 0 Å². The van der Waals surface area contributed by atoms with E-state index in [1.807, 2.05) is 0 Å². The van der Waals surface area contributed by atoms with Crippen LogP contribution in [0.1, 0.15) is 0 Å². The van der Waals surface area contributed by atoms with E-state index in [0.29, 0.717) is 6.08 Å². The Morgan fingerprint density at radius 3 is 1.92 bits per heavy atom.